The van der Waals surface area contributed by atoms with Crippen molar-refractivity contribution in [2.45, 2.75) is 59.4 Å². The quantitative estimate of drug-likeness (QED) is 0.806. The smallest absolute Gasteiger partial charge is 0.0440 e. The highest BCUT2D eigenvalue weighted by atomic mass is 35.5. The second kappa shape index (κ2) is 5.69. The molecular weight excluding hydrogens is 266 g/mol. The van der Waals surface area contributed by atoms with E-state index in [0.29, 0.717) is 5.41 Å². The molecule has 0 aromatic heterocycles. The molecule has 1 aliphatic rings. The third-order valence-corrected chi connectivity index (χ3v) is 4.74. The van der Waals surface area contributed by atoms with Crippen LogP contribution < -0.4 is 5.32 Å². The van der Waals surface area contributed by atoms with Gasteiger partial charge >= 0.3 is 0 Å². The van der Waals surface area contributed by atoms with Crippen molar-refractivity contribution in [1.29, 1.82) is 0 Å². The maximum Gasteiger partial charge on any atom is 0.0440 e. The summed E-state index contributed by atoms with van der Waals surface area (Å²) in [5, 5.41) is 4.62. The van der Waals surface area contributed by atoms with Gasteiger partial charge in [0.2, 0.25) is 0 Å². The molecule has 1 N–H and O–H groups in total. The van der Waals surface area contributed by atoms with E-state index in [4.69, 9.17) is 11.6 Å². The van der Waals surface area contributed by atoms with E-state index in [9.17, 15) is 0 Å². The summed E-state index contributed by atoms with van der Waals surface area (Å²) in [6, 6.07) is 6.46. The Hall–Kier alpha value is -0.530. The molecule has 1 fully saturated rings. The lowest BCUT2D eigenvalue weighted by molar-refractivity contribution is 0.228. The summed E-state index contributed by atoms with van der Waals surface area (Å²) in [6.45, 7) is 12.3. The second-order valence-corrected chi connectivity index (χ2v) is 8.21. The Kier molecular flexibility index (Phi) is 4.51. The molecule has 0 spiro atoms. The molecule has 2 rings (SSSR count). The molecule has 0 heterocycles. The van der Waals surface area contributed by atoms with Crippen LogP contribution in [0.3, 0.4) is 0 Å². The normalized spacial score (nSPS) is 18.9. The van der Waals surface area contributed by atoms with E-state index in [1.54, 1.807) is 0 Å². The third kappa shape index (κ3) is 4.23. The fourth-order valence-corrected chi connectivity index (χ4v) is 3.13. The van der Waals surface area contributed by atoms with Crippen molar-refractivity contribution >= 4 is 11.6 Å². The predicted octanol–water partition coefficient (Wildman–Crippen LogP) is 5.00. The minimum absolute atomic E-state index is 0.174. The van der Waals surface area contributed by atoms with E-state index >= 15 is 0 Å². The fraction of sp³-hybridized carbons (Fsp3) is 0.667. The number of aryl methyl sites for hydroxylation is 1. The largest absolute Gasteiger partial charge is 0.312 e. The molecule has 20 heavy (non-hydrogen) atoms. The summed E-state index contributed by atoms with van der Waals surface area (Å²) >= 11 is 6.43. The van der Waals surface area contributed by atoms with Crippen LogP contribution in [0.15, 0.2) is 18.2 Å². The maximum atomic E-state index is 6.43. The zero-order valence-corrected chi connectivity index (χ0v) is 14.3. The van der Waals surface area contributed by atoms with Gasteiger partial charge < -0.3 is 5.32 Å². The molecule has 1 aromatic carbocycles. The Morgan fingerprint density at radius 3 is 2.35 bits per heavy atom. The highest BCUT2D eigenvalue weighted by Gasteiger charge is 2.41. The summed E-state index contributed by atoms with van der Waals surface area (Å²) in [6.07, 6.45) is 3.80. The molecule has 2 heteroatoms. The van der Waals surface area contributed by atoms with Gasteiger partial charge in [0.15, 0.2) is 0 Å². The summed E-state index contributed by atoms with van der Waals surface area (Å²) in [5.74, 6) is 0.842. The Morgan fingerprint density at radius 2 is 1.85 bits per heavy atom. The summed E-state index contributed by atoms with van der Waals surface area (Å²) in [4.78, 5) is 0. The molecule has 0 aliphatic heterocycles. The van der Waals surface area contributed by atoms with Gasteiger partial charge in [-0.1, -0.05) is 30.7 Å². The van der Waals surface area contributed by atoms with Gasteiger partial charge in [0.1, 0.15) is 0 Å². The average molecular weight is 294 g/mol. The molecule has 1 atom stereocenters. The summed E-state index contributed by atoms with van der Waals surface area (Å²) in [5.41, 5.74) is 3.02. The molecular formula is C18H28ClN. The lowest BCUT2D eigenvalue weighted by Gasteiger charge is -2.34. The highest BCUT2D eigenvalue weighted by molar-refractivity contribution is 6.31. The number of hydrogen-bond acceptors (Lipinski definition) is 1. The van der Waals surface area contributed by atoms with Gasteiger partial charge in [-0.25, -0.2) is 0 Å². The van der Waals surface area contributed by atoms with Crippen molar-refractivity contribution in [3.05, 3.63) is 34.3 Å². The second-order valence-electron chi connectivity index (χ2n) is 7.80. The first kappa shape index (κ1) is 15.9. The Labute approximate surface area is 129 Å². The van der Waals surface area contributed by atoms with E-state index in [1.165, 1.54) is 24.0 Å². The van der Waals surface area contributed by atoms with Crippen LogP contribution in [0.1, 0.15) is 51.7 Å². The van der Waals surface area contributed by atoms with Gasteiger partial charge in [0.05, 0.1) is 0 Å². The molecule has 0 saturated heterocycles. The molecule has 1 nitrogen and oxygen atoms in total. The SMILES string of the molecule is Cc1ccc(CC(C)(CNC(C)(C)C)C2CC2)c(Cl)c1. The fourth-order valence-electron chi connectivity index (χ4n) is 2.83. The van der Waals surface area contributed by atoms with Crippen LogP contribution in [0.5, 0.6) is 0 Å². The third-order valence-electron chi connectivity index (χ3n) is 4.39. The van der Waals surface area contributed by atoms with Crippen LogP contribution in [0.2, 0.25) is 5.02 Å². The zero-order chi connectivity index (χ0) is 15.0. The molecule has 1 aromatic rings. The lowest BCUT2D eigenvalue weighted by atomic mass is 9.78. The predicted molar refractivity (Wildman–Crippen MR) is 88.5 cm³/mol. The van der Waals surface area contributed by atoms with Crippen molar-refractivity contribution in [3.63, 3.8) is 0 Å². The molecule has 0 bridgehead atoms. The van der Waals surface area contributed by atoms with Crippen molar-refractivity contribution in [2.24, 2.45) is 11.3 Å². The van der Waals surface area contributed by atoms with Crippen molar-refractivity contribution < 1.29 is 0 Å². The van der Waals surface area contributed by atoms with Crippen molar-refractivity contribution in [1.82, 2.24) is 5.32 Å². The van der Waals surface area contributed by atoms with Crippen LogP contribution in [-0.2, 0) is 6.42 Å². The van der Waals surface area contributed by atoms with Gasteiger partial charge in [-0.2, -0.15) is 0 Å². The molecule has 1 unspecified atom stereocenters. The van der Waals surface area contributed by atoms with E-state index < -0.39 is 0 Å². The Bertz CT molecular complexity index is 471. The monoisotopic (exact) mass is 293 g/mol. The zero-order valence-electron chi connectivity index (χ0n) is 13.5. The van der Waals surface area contributed by atoms with Crippen molar-refractivity contribution in [3.8, 4) is 0 Å². The van der Waals surface area contributed by atoms with Gasteiger partial charge in [-0.15, -0.1) is 0 Å². The average Bonchev–Trinajstić information content (AvgIpc) is 3.14. The van der Waals surface area contributed by atoms with Crippen LogP contribution in [0.25, 0.3) is 0 Å². The standard InChI is InChI=1S/C18H28ClN/c1-13-6-7-14(16(19)10-13)11-18(5,15-8-9-15)12-20-17(2,3)4/h6-7,10,15,20H,8-9,11-12H2,1-5H3. The first-order chi connectivity index (χ1) is 9.20. The van der Waals surface area contributed by atoms with Crippen LogP contribution >= 0.6 is 11.6 Å². The molecule has 0 amide bonds. The maximum absolute atomic E-state index is 6.43. The highest BCUT2D eigenvalue weighted by Crippen LogP contribution is 2.47. The number of rotatable bonds is 5. The molecule has 1 aliphatic carbocycles. The topological polar surface area (TPSA) is 12.0 Å². The van der Waals surface area contributed by atoms with Gasteiger partial charge in [-0.3, -0.25) is 0 Å². The van der Waals surface area contributed by atoms with E-state index in [-0.39, 0.29) is 5.54 Å². The summed E-state index contributed by atoms with van der Waals surface area (Å²) in [7, 11) is 0. The van der Waals surface area contributed by atoms with Crippen molar-refractivity contribution in [2.75, 3.05) is 6.54 Å². The molecule has 1 saturated carbocycles. The lowest BCUT2D eigenvalue weighted by Crippen LogP contribution is -2.44. The number of benzene rings is 1. The van der Waals surface area contributed by atoms with E-state index in [0.717, 1.165) is 23.9 Å². The van der Waals surface area contributed by atoms with E-state index in [2.05, 4.69) is 58.1 Å². The molecule has 0 radical (unpaired) electrons. The van der Waals surface area contributed by atoms with Crippen LogP contribution in [-0.4, -0.2) is 12.1 Å². The van der Waals surface area contributed by atoms with Gasteiger partial charge in [0, 0.05) is 17.1 Å². The first-order valence-electron chi connectivity index (χ1n) is 7.70. The van der Waals surface area contributed by atoms with Gasteiger partial charge in [-0.05, 0) is 75.5 Å². The Morgan fingerprint density at radius 1 is 1.20 bits per heavy atom. The van der Waals surface area contributed by atoms with Gasteiger partial charge in [0.25, 0.3) is 0 Å². The number of nitrogens with one attached hydrogen (secondary N) is 1. The van der Waals surface area contributed by atoms with E-state index in [1.807, 2.05) is 0 Å². The van der Waals surface area contributed by atoms with Crippen LogP contribution in [0.4, 0.5) is 0 Å². The number of hydrogen-bond donors (Lipinski definition) is 1. The minimum Gasteiger partial charge on any atom is -0.312 e. The summed E-state index contributed by atoms with van der Waals surface area (Å²) < 4.78 is 0. The number of halogens is 1. The molecule has 112 valence electrons. The minimum atomic E-state index is 0.174. The Balaban J connectivity index is 2.12. The first-order valence-corrected chi connectivity index (χ1v) is 8.07. The van der Waals surface area contributed by atoms with Crippen LogP contribution in [0, 0.1) is 18.3 Å².